The van der Waals surface area contributed by atoms with Crippen molar-refractivity contribution in [3.8, 4) is 5.75 Å². The van der Waals surface area contributed by atoms with E-state index in [1.807, 2.05) is 0 Å². The average molecular weight is 274 g/mol. The molecule has 0 bridgehead atoms. The number of halogens is 2. The molecule has 2 rings (SSSR count). The first-order valence-corrected chi connectivity index (χ1v) is 5.97. The Bertz CT molecular complexity index is 449. The normalized spacial score (nSPS) is 22.2. The van der Waals surface area contributed by atoms with Gasteiger partial charge >= 0.3 is 0 Å². The number of rotatable bonds is 4. The third kappa shape index (κ3) is 3.34. The number of hydrogen-bond donors (Lipinski definition) is 2. The first-order valence-electron chi connectivity index (χ1n) is 5.60. The second kappa shape index (κ2) is 5.54. The largest absolute Gasteiger partial charge is 0.482 e. The van der Waals surface area contributed by atoms with Crippen LogP contribution in [-0.2, 0) is 4.79 Å². The Morgan fingerprint density at radius 3 is 2.89 bits per heavy atom. The van der Waals surface area contributed by atoms with Gasteiger partial charge in [0, 0.05) is 6.04 Å². The Morgan fingerprint density at radius 1 is 1.56 bits per heavy atom. The molecule has 0 radical (unpaired) electrons. The molecule has 1 aliphatic rings. The van der Waals surface area contributed by atoms with Crippen LogP contribution in [0, 0.1) is 5.82 Å². The van der Waals surface area contributed by atoms with E-state index in [4.69, 9.17) is 21.4 Å². The molecule has 1 aromatic rings. The van der Waals surface area contributed by atoms with Gasteiger partial charge in [0.05, 0.1) is 11.1 Å². The van der Waals surface area contributed by atoms with Gasteiger partial charge in [-0.1, -0.05) is 11.6 Å². The maximum Gasteiger partial charge on any atom is 0.258 e. The molecular weight excluding hydrogens is 261 g/mol. The third-order valence-electron chi connectivity index (χ3n) is 2.73. The summed E-state index contributed by atoms with van der Waals surface area (Å²) in [4.78, 5) is 11.5. The Morgan fingerprint density at radius 2 is 2.28 bits per heavy atom. The van der Waals surface area contributed by atoms with E-state index in [1.165, 1.54) is 12.1 Å². The van der Waals surface area contributed by atoms with Crippen LogP contribution in [0.4, 0.5) is 4.39 Å². The van der Waals surface area contributed by atoms with Crippen molar-refractivity contribution >= 4 is 17.5 Å². The van der Waals surface area contributed by atoms with E-state index in [-0.39, 0.29) is 35.4 Å². The maximum atomic E-state index is 12.8. The van der Waals surface area contributed by atoms with Crippen LogP contribution >= 0.6 is 11.6 Å². The van der Waals surface area contributed by atoms with Gasteiger partial charge in [0.25, 0.3) is 5.91 Å². The first-order chi connectivity index (χ1) is 8.54. The molecule has 1 aliphatic carbocycles. The second-order valence-corrected chi connectivity index (χ2v) is 4.66. The lowest BCUT2D eigenvalue weighted by Gasteiger charge is -2.31. The second-order valence-electron chi connectivity index (χ2n) is 4.25. The molecule has 1 amide bonds. The highest BCUT2D eigenvalue weighted by atomic mass is 35.5. The van der Waals surface area contributed by atoms with E-state index < -0.39 is 5.82 Å². The summed E-state index contributed by atoms with van der Waals surface area (Å²) in [5.74, 6) is -0.477. The van der Waals surface area contributed by atoms with Crippen LogP contribution in [0.15, 0.2) is 18.2 Å². The van der Waals surface area contributed by atoms with Crippen LogP contribution in [0.1, 0.15) is 12.8 Å². The summed E-state index contributed by atoms with van der Waals surface area (Å²) in [6.07, 6.45) is 0.828. The lowest BCUT2D eigenvalue weighted by molar-refractivity contribution is -0.125. The average Bonchev–Trinajstić information content (AvgIpc) is 2.26. The van der Waals surface area contributed by atoms with Crippen LogP contribution in [0.25, 0.3) is 0 Å². The molecule has 0 aliphatic heterocycles. The zero-order valence-corrected chi connectivity index (χ0v) is 10.3. The third-order valence-corrected chi connectivity index (χ3v) is 3.03. The highest BCUT2D eigenvalue weighted by Crippen LogP contribution is 2.24. The van der Waals surface area contributed by atoms with Gasteiger partial charge in [0.1, 0.15) is 11.6 Å². The summed E-state index contributed by atoms with van der Waals surface area (Å²) in [5, 5.41) is 11.9. The fourth-order valence-electron chi connectivity index (χ4n) is 1.71. The Kier molecular flexibility index (Phi) is 4.04. The molecule has 0 saturated heterocycles. The zero-order chi connectivity index (χ0) is 13.1. The zero-order valence-electron chi connectivity index (χ0n) is 9.53. The highest BCUT2D eigenvalue weighted by Gasteiger charge is 2.28. The number of carbonyl (C=O) groups is 1. The van der Waals surface area contributed by atoms with E-state index in [9.17, 15) is 9.18 Å². The minimum atomic E-state index is -0.458. The molecule has 1 fully saturated rings. The molecule has 0 spiro atoms. The van der Waals surface area contributed by atoms with Crippen LogP contribution in [-0.4, -0.2) is 29.8 Å². The predicted molar refractivity (Wildman–Crippen MR) is 64.1 cm³/mol. The lowest BCUT2D eigenvalue weighted by atomic mass is 9.89. The number of ether oxygens (including phenoxy) is 1. The van der Waals surface area contributed by atoms with E-state index in [0.717, 1.165) is 6.07 Å². The van der Waals surface area contributed by atoms with Crippen LogP contribution < -0.4 is 10.1 Å². The molecule has 1 saturated carbocycles. The molecule has 0 unspecified atom stereocenters. The smallest absolute Gasteiger partial charge is 0.258 e. The van der Waals surface area contributed by atoms with E-state index in [0.29, 0.717) is 12.8 Å². The quantitative estimate of drug-likeness (QED) is 0.874. The van der Waals surface area contributed by atoms with Crippen LogP contribution in [0.2, 0.25) is 5.02 Å². The number of hydrogen-bond acceptors (Lipinski definition) is 3. The summed E-state index contributed by atoms with van der Waals surface area (Å²) < 4.78 is 17.9. The van der Waals surface area contributed by atoms with Crippen LogP contribution in [0.3, 0.4) is 0 Å². The molecule has 0 heterocycles. The van der Waals surface area contributed by atoms with Gasteiger partial charge in [-0.2, -0.15) is 0 Å². The minimum absolute atomic E-state index is 0.0137. The number of carbonyl (C=O) groups excluding carboxylic acids is 1. The minimum Gasteiger partial charge on any atom is -0.482 e. The molecule has 4 nitrogen and oxygen atoms in total. The van der Waals surface area contributed by atoms with Gasteiger partial charge in [0.2, 0.25) is 0 Å². The Labute approximate surface area is 109 Å². The summed E-state index contributed by atoms with van der Waals surface area (Å²) in [6, 6.07) is 3.72. The fraction of sp³-hybridized carbons (Fsp3) is 0.417. The molecule has 2 N–H and O–H groups in total. The predicted octanol–water partition coefficient (Wildman–Crippen LogP) is 1.50. The van der Waals surface area contributed by atoms with Gasteiger partial charge in [-0.3, -0.25) is 4.79 Å². The summed E-state index contributed by atoms with van der Waals surface area (Å²) in [5.41, 5.74) is 0. The molecule has 1 aromatic carbocycles. The molecule has 6 heteroatoms. The Hall–Kier alpha value is -1.33. The van der Waals surface area contributed by atoms with Crippen molar-refractivity contribution in [1.29, 1.82) is 0 Å². The number of amides is 1. The summed E-state index contributed by atoms with van der Waals surface area (Å²) >= 11 is 5.75. The topological polar surface area (TPSA) is 58.6 Å². The Balaban J connectivity index is 1.78. The molecule has 98 valence electrons. The highest BCUT2D eigenvalue weighted by molar-refractivity contribution is 6.32. The molecular formula is C12H13ClFNO3. The van der Waals surface area contributed by atoms with Gasteiger partial charge in [-0.05, 0) is 31.0 Å². The number of benzene rings is 1. The van der Waals surface area contributed by atoms with Crippen molar-refractivity contribution in [3.63, 3.8) is 0 Å². The van der Waals surface area contributed by atoms with Crippen molar-refractivity contribution in [3.05, 3.63) is 29.0 Å². The van der Waals surface area contributed by atoms with E-state index in [1.54, 1.807) is 0 Å². The van der Waals surface area contributed by atoms with Gasteiger partial charge in [-0.25, -0.2) is 4.39 Å². The number of aliphatic hydroxyl groups excluding tert-OH is 1. The maximum absolute atomic E-state index is 12.8. The first kappa shape index (κ1) is 13.1. The van der Waals surface area contributed by atoms with Gasteiger partial charge in [0.15, 0.2) is 6.61 Å². The monoisotopic (exact) mass is 273 g/mol. The van der Waals surface area contributed by atoms with E-state index in [2.05, 4.69) is 5.32 Å². The van der Waals surface area contributed by atoms with Crippen molar-refractivity contribution in [2.45, 2.75) is 25.0 Å². The standard InChI is InChI=1S/C12H13ClFNO3/c13-10-3-7(14)1-2-11(10)18-6-12(17)15-8-4-9(16)5-8/h1-3,8-9,16H,4-6H2,(H,15,17). The van der Waals surface area contributed by atoms with Gasteiger partial charge in [-0.15, -0.1) is 0 Å². The van der Waals surface area contributed by atoms with Gasteiger partial charge < -0.3 is 15.2 Å². The number of aliphatic hydroxyl groups is 1. The van der Waals surface area contributed by atoms with E-state index >= 15 is 0 Å². The van der Waals surface area contributed by atoms with Crippen molar-refractivity contribution in [1.82, 2.24) is 5.32 Å². The molecule has 0 aromatic heterocycles. The fourth-order valence-corrected chi connectivity index (χ4v) is 1.93. The van der Waals surface area contributed by atoms with Crippen molar-refractivity contribution in [2.75, 3.05) is 6.61 Å². The number of nitrogens with one attached hydrogen (secondary N) is 1. The van der Waals surface area contributed by atoms with Crippen molar-refractivity contribution < 1.29 is 19.0 Å². The van der Waals surface area contributed by atoms with Crippen molar-refractivity contribution in [2.24, 2.45) is 0 Å². The summed E-state index contributed by atoms with van der Waals surface area (Å²) in [7, 11) is 0. The molecule has 18 heavy (non-hydrogen) atoms. The lowest BCUT2D eigenvalue weighted by Crippen LogP contribution is -2.48. The van der Waals surface area contributed by atoms with Crippen LogP contribution in [0.5, 0.6) is 5.75 Å². The SMILES string of the molecule is O=C(COc1ccc(F)cc1Cl)NC1CC(O)C1. The molecule has 0 atom stereocenters. The summed E-state index contributed by atoms with van der Waals surface area (Å²) in [6.45, 7) is -0.183.